The van der Waals surface area contributed by atoms with Crippen LogP contribution in [0.25, 0.3) is 33.6 Å². The zero-order valence-electron chi connectivity index (χ0n) is 19.0. The fourth-order valence-corrected chi connectivity index (χ4v) is 5.43. The molecule has 34 heavy (non-hydrogen) atoms. The topological polar surface area (TPSA) is 90.6 Å². The van der Waals surface area contributed by atoms with Crippen LogP contribution in [0.4, 0.5) is 0 Å². The molecule has 2 saturated heterocycles. The molecule has 0 amide bonds. The molecule has 0 bridgehead atoms. The van der Waals surface area contributed by atoms with E-state index in [1.165, 1.54) is 18.4 Å². The number of hydrogen-bond donors (Lipinski definition) is 4. The van der Waals surface area contributed by atoms with Gasteiger partial charge in [-0.3, -0.25) is 0 Å². The molecule has 172 valence electrons. The van der Waals surface area contributed by atoms with Crippen LogP contribution in [0.15, 0.2) is 48.7 Å². The average molecular weight is 453 g/mol. The molecule has 5 heterocycles. The Bertz CT molecular complexity index is 1330. The standard InChI is InChI=1S/C27H28N6O/c1-3-20(28-11-1)26-30-14-22(31-26)17-7-5-16(6-8-17)18-9-10-24-19(13-18)25-23(15-34-24)32-27(33-25)21-4-2-12-29-21/h5-10,13-14,20-21,28-29H,1-4,11-12,15H2,(H,30,31)(H,32,33)/t20-,21-/m0/s1. The number of rotatable bonds is 4. The van der Waals surface area contributed by atoms with E-state index in [0.717, 1.165) is 77.1 Å². The predicted molar refractivity (Wildman–Crippen MR) is 131 cm³/mol. The monoisotopic (exact) mass is 452 g/mol. The molecular formula is C27H28N6O. The number of aromatic amines is 2. The van der Waals surface area contributed by atoms with Crippen molar-refractivity contribution >= 4 is 0 Å². The summed E-state index contributed by atoms with van der Waals surface area (Å²) in [4.78, 5) is 16.6. The summed E-state index contributed by atoms with van der Waals surface area (Å²) in [6.07, 6.45) is 6.61. The molecule has 0 saturated carbocycles. The first-order valence-corrected chi connectivity index (χ1v) is 12.3. The Morgan fingerprint density at radius 1 is 0.794 bits per heavy atom. The Morgan fingerprint density at radius 2 is 1.53 bits per heavy atom. The van der Waals surface area contributed by atoms with E-state index < -0.39 is 0 Å². The number of benzene rings is 2. The molecule has 3 aliphatic rings. The van der Waals surface area contributed by atoms with E-state index in [2.05, 4.69) is 68.1 Å². The van der Waals surface area contributed by atoms with E-state index in [-0.39, 0.29) is 0 Å². The van der Waals surface area contributed by atoms with E-state index >= 15 is 0 Å². The normalized spacial score (nSPS) is 21.3. The van der Waals surface area contributed by atoms with Crippen molar-refractivity contribution in [2.24, 2.45) is 0 Å². The summed E-state index contributed by atoms with van der Waals surface area (Å²) in [6.45, 7) is 2.67. The maximum absolute atomic E-state index is 6.03. The number of H-pyrrole nitrogens is 2. The van der Waals surface area contributed by atoms with Gasteiger partial charge in [-0.05, 0) is 67.6 Å². The highest BCUT2D eigenvalue weighted by atomic mass is 16.5. The lowest BCUT2D eigenvalue weighted by atomic mass is 9.98. The van der Waals surface area contributed by atoms with Crippen LogP contribution in [0.2, 0.25) is 0 Å². The van der Waals surface area contributed by atoms with Gasteiger partial charge in [-0.25, -0.2) is 9.97 Å². The minimum absolute atomic E-state index is 0.317. The molecule has 0 radical (unpaired) electrons. The van der Waals surface area contributed by atoms with Crippen LogP contribution in [0.5, 0.6) is 5.75 Å². The Morgan fingerprint density at radius 3 is 2.29 bits per heavy atom. The second-order valence-corrected chi connectivity index (χ2v) is 9.51. The van der Waals surface area contributed by atoms with Crippen LogP contribution in [-0.2, 0) is 6.61 Å². The van der Waals surface area contributed by atoms with Crippen molar-refractivity contribution in [3.8, 4) is 39.4 Å². The minimum Gasteiger partial charge on any atom is -0.487 e. The van der Waals surface area contributed by atoms with E-state index in [0.29, 0.717) is 18.7 Å². The van der Waals surface area contributed by atoms with E-state index in [1.54, 1.807) is 0 Å². The van der Waals surface area contributed by atoms with Crippen LogP contribution >= 0.6 is 0 Å². The SMILES string of the molecule is c1cc(-c2cnc([C@@H]3CCCN3)[nH]2)ccc1-c1ccc2c(c1)-c1nc([C@@H]3CCCN3)[nH]c1CO2. The highest BCUT2D eigenvalue weighted by Crippen LogP contribution is 2.40. The van der Waals surface area contributed by atoms with Gasteiger partial charge in [0, 0.05) is 5.56 Å². The van der Waals surface area contributed by atoms with Gasteiger partial charge in [0.1, 0.15) is 24.0 Å². The first-order chi connectivity index (χ1) is 16.8. The molecule has 2 atom stereocenters. The number of ether oxygens (including phenoxy) is 1. The van der Waals surface area contributed by atoms with Gasteiger partial charge >= 0.3 is 0 Å². The molecular weight excluding hydrogens is 424 g/mol. The van der Waals surface area contributed by atoms with E-state index in [9.17, 15) is 0 Å². The van der Waals surface area contributed by atoms with Crippen LogP contribution in [0.1, 0.15) is 55.1 Å². The molecule has 3 aliphatic heterocycles. The highest BCUT2D eigenvalue weighted by Gasteiger charge is 2.26. The van der Waals surface area contributed by atoms with Gasteiger partial charge in [0.05, 0.1) is 35.4 Å². The second kappa shape index (κ2) is 8.11. The zero-order chi connectivity index (χ0) is 22.5. The summed E-state index contributed by atoms with van der Waals surface area (Å²) >= 11 is 0. The molecule has 0 spiro atoms. The van der Waals surface area contributed by atoms with Crippen molar-refractivity contribution < 1.29 is 4.74 Å². The molecule has 2 fully saturated rings. The molecule has 4 N–H and O–H groups in total. The number of aromatic nitrogens is 4. The van der Waals surface area contributed by atoms with Crippen LogP contribution in [-0.4, -0.2) is 33.0 Å². The molecule has 2 aromatic carbocycles. The quantitative estimate of drug-likeness (QED) is 0.354. The molecule has 7 heteroatoms. The summed E-state index contributed by atoms with van der Waals surface area (Å²) in [5.41, 5.74) is 7.68. The number of imidazole rings is 2. The van der Waals surface area contributed by atoms with Crippen molar-refractivity contribution in [1.82, 2.24) is 30.6 Å². The fourth-order valence-electron chi connectivity index (χ4n) is 5.43. The lowest BCUT2D eigenvalue weighted by Crippen LogP contribution is -2.14. The second-order valence-electron chi connectivity index (χ2n) is 9.51. The third-order valence-electron chi connectivity index (χ3n) is 7.31. The smallest absolute Gasteiger partial charge is 0.130 e. The summed E-state index contributed by atoms with van der Waals surface area (Å²) < 4.78 is 6.03. The molecule has 7 nitrogen and oxygen atoms in total. The van der Waals surface area contributed by atoms with Crippen molar-refractivity contribution in [2.45, 2.75) is 44.4 Å². The van der Waals surface area contributed by atoms with Crippen molar-refractivity contribution in [3.05, 3.63) is 66.0 Å². The largest absolute Gasteiger partial charge is 0.487 e. The van der Waals surface area contributed by atoms with Gasteiger partial charge < -0.3 is 25.3 Å². The molecule has 0 unspecified atom stereocenters. The van der Waals surface area contributed by atoms with Gasteiger partial charge in [0.25, 0.3) is 0 Å². The van der Waals surface area contributed by atoms with Crippen molar-refractivity contribution in [2.75, 3.05) is 13.1 Å². The Labute approximate surface area is 198 Å². The number of hydrogen-bond acceptors (Lipinski definition) is 5. The predicted octanol–water partition coefficient (Wildman–Crippen LogP) is 4.88. The summed E-state index contributed by atoms with van der Waals surface area (Å²) in [5.74, 6) is 2.96. The molecule has 7 rings (SSSR count). The molecule has 0 aliphatic carbocycles. The lowest BCUT2D eigenvalue weighted by Gasteiger charge is -2.17. The third kappa shape index (κ3) is 3.43. The average Bonchev–Trinajstić information content (AvgIpc) is 3.70. The first kappa shape index (κ1) is 20.0. The van der Waals surface area contributed by atoms with Gasteiger partial charge in [-0.15, -0.1) is 0 Å². The van der Waals surface area contributed by atoms with Crippen molar-refractivity contribution in [1.29, 1.82) is 0 Å². The van der Waals surface area contributed by atoms with Crippen LogP contribution in [0.3, 0.4) is 0 Å². The van der Waals surface area contributed by atoms with Crippen LogP contribution < -0.4 is 15.4 Å². The van der Waals surface area contributed by atoms with Crippen molar-refractivity contribution in [3.63, 3.8) is 0 Å². The zero-order valence-corrected chi connectivity index (χ0v) is 19.0. The van der Waals surface area contributed by atoms with Crippen LogP contribution in [0, 0.1) is 0 Å². The minimum atomic E-state index is 0.317. The van der Waals surface area contributed by atoms with E-state index in [4.69, 9.17) is 9.72 Å². The molecule has 2 aromatic heterocycles. The Kier molecular flexibility index (Phi) is 4.77. The number of nitrogens with zero attached hydrogens (tertiary/aromatic N) is 2. The highest BCUT2D eigenvalue weighted by molar-refractivity contribution is 5.79. The third-order valence-corrected chi connectivity index (χ3v) is 7.31. The van der Waals surface area contributed by atoms with Gasteiger partial charge in [0.2, 0.25) is 0 Å². The Balaban J connectivity index is 1.17. The summed E-state index contributed by atoms with van der Waals surface area (Å²) in [6, 6.07) is 15.7. The van der Waals surface area contributed by atoms with Gasteiger partial charge in [-0.2, -0.15) is 0 Å². The summed E-state index contributed by atoms with van der Waals surface area (Å²) in [7, 11) is 0. The maximum Gasteiger partial charge on any atom is 0.130 e. The van der Waals surface area contributed by atoms with Gasteiger partial charge in [0.15, 0.2) is 0 Å². The first-order valence-electron chi connectivity index (χ1n) is 12.3. The Hall–Kier alpha value is -3.42. The number of nitrogens with one attached hydrogen (secondary N) is 4. The fraction of sp³-hybridized carbons (Fsp3) is 0.333. The maximum atomic E-state index is 6.03. The summed E-state index contributed by atoms with van der Waals surface area (Å²) in [5, 5.41) is 7.04. The molecule has 4 aromatic rings. The number of fused-ring (bicyclic) bond motifs is 3. The van der Waals surface area contributed by atoms with E-state index in [1.807, 2.05) is 6.20 Å². The van der Waals surface area contributed by atoms with Gasteiger partial charge in [-0.1, -0.05) is 30.3 Å². The lowest BCUT2D eigenvalue weighted by molar-refractivity contribution is 0.297.